The fraction of sp³-hybridized carbons (Fsp3) is 0.588. The third-order valence-corrected chi connectivity index (χ3v) is 4.65. The van der Waals surface area contributed by atoms with Gasteiger partial charge in [0.1, 0.15) is 0 Å². The number of carbonyl (C=O) groups is 1. The number of aryl methyl sites for hydroxylation is 1. The Balaban J connectivity index is 1.85. The molecule has 1 amide bonds. The molecule has 0 aromatic carbocycles. The van der Waals surface area contributed by atoms with Gasteiger partial charge in [-0.2, -0.15) is 0 Å². The van der Waals surface area contributed by atoms with Crippen molar-refractivity contribution in [3.05, 3.63) is 33.9 Å². The Labute approximate surface area is 141 Å². The van der Waals surface area contributed by atoms with Gasteiger partial charge in [-0.15, -0.1) is 0 Å². The van der Waals surface area contributed by atoms with E-state index in [-0.39, 0.29) is 17.5 Å². The molecule has 1 N–H and O–H groups in total. The van der Waals surface area contributed by atoms with E-state index < -0.39 is 0 Å². The highest BCUT2D eigenvalue weighted by molar-refractivity contribution is 5.82. The van der Waals surface area contributed by atoms with Gasteiger partial charge in [-0.3, -0.25) is 19.6 Å². The summed E-state index contributed by atoms with van der Waals surface area (Å²) in [5.74, 6) is 0.171. The van der Waals surface area contributed by atoms with E-state index in [0.717, 1.165) is 37.2 Å². The molecule has 1 saturated heterocycles. The fourth-order valence-corrected chi connectivity index (χ4v) is 3.30. The number of aromatic amines is 1. The van der Waals surface area contributed by atoms with Crippen LogP contribution in [-0.4, -0.2) is 56.5 Å². The number of amides is 1. The summed E-state index contributed by atoms with van der Waals surface area (Å²) < 4.78 is 1.45. The highest BCUT2D eigenvalue weighted by Crippen LogP contribution is 2.18. The van der Waals surface area contributed by atoms with Crippen molar-refractivity contribution in [2.45, 2.75) is 45.7 Å². The number of likely N-dealkylation sites (N-methyl/N-ethyl adjacent to an activating group) is 1. The van der Waals surface area contributed by atoms with E-state index in [1.165, 1.54) is 4.52 Å². The number of nitrogens with one attached hydrogen (secondary N) is 1. The largest absolute Gasteiger partial charge is 0.343 e. The maximum Gasteiger partial charge on any atom is 0.272 e. The van der Waals surface area contributed by atoms with Crippen LogP contribution in [0.1, 0.15) is 37.6 Å². The molecule has 2 aromatic rings. The number of fused-ring (bicyclic) bond motifs is 1. The second kappa shape index (κ2) is 6.76. The Morgan fingerprint density at radius 2 is 2.08 bits per heavy atom. The lowest BCUT2D eigenvalue weighted by Gasteiger charge is -2.39. The van der Waals surface area contributed by atoms with Gasteiger partial charge in [0.2, 0.25) is 5.91 Å². The number of hydrogen-bond acceptors (Lipinski definition) is 4. The summed E-state index contributed by atoms with van der Waals surface area (Å²) >= 11 is 0. The zero-order valence-electron chi connectivity index (χ0n) is 14.6. The van der Waals surface area contributed by atoms with Gasteiger partial charge in [0, 0.05) is 44.5 Å². The maximum absolute atomic E-state index is 12.5. The predicted molar refractivity (Wildman–Crippen MR) is 91.9 cm³/mol. The smallest absolute Gasteiger partial charge is 0.272 e. The molecule has 0 spiro atoms. The second-order valence-electron chi connectivity index (χ2n) is 6.61. The minimum absolute atomic E-state index is 0.114. The zero-order chi connectivity index (χ0) is 17.3. The monoisotopic (exact) mass is 331 g/mol. The van der Waals surface area contributed by atoms with Crippen molar-refractivity contribution in [1.29, 1.82) is 0 Å². The first-order chi connectivity index (χ1) is 11.5. The number of unbranched alkanes of at least 4 members (excludes halogenated alkanes) is 1. The summed E-state index contributed by atoms with van der Waals surface area (Å²) in [5, 5.41) is 2.97. The number of nitrogens with zero attached hydrogens (tertiary/aromatic N) is 4. The maximum atomic E-state index is 12.5. The Kier molecular flexibility index (Phi) is 4.71. The number of rotatable bonds is 5. The summed E-state index contributed by atoms with van der Waals surface area (Å²) in [5.41, 5.74) is 2.12. The van der Waals surface area contributed by atoms with Crippen LogP contribution < -0.4 is 5.56 Å². The van der Waals surface area contributed by atoms with Gasteiger partial charge in [-0.25, -0.2) is 9.50 Å². The van der Waals surface area contributed by atoms with Gasteiger partial charge in [0.25, 0.3) is 5.56 Å². The van der Waals surface area contributed by atoms with E-state index >= 15 is 0 Å². The van der Waals surface area contributed by atoms with Crippen LogP contribution in [0.3, 0.4) is 0 Å². The van der Waals surface area contributed by atoms with E-state index in [9.17, 15) is 9.59 Å². The quantitative estimate of drug-likeness (QED) is 0.892. The van der Waals surface area contributed by atoms with E-state index in [0.29, 0.717) is 18.7 Å². The van der Waals surface area contributed by atoms with Crippen LogP contribution in [0.2, 0.25) is 0 Å². The molecule has 1 atom stereocenters. The Hall–Kier alpha value is -2.15. The molecule has 2 aromatic heterocycles. The molecule has 3 rings (SSSR count). The highest BCUT2D eigenvalue weighted by Gasteiger charge is 2.32. The van der Waals surface area contributed by atoms with Crippen LogP contribution in [0, 0.1) is 6.92 Å². The average molecular weight is 331 g/mol. The molecule has 0 unspecified atom stereocenters. The minimum atomic E-state index is -0.117. The van der Waals surface area contributed by atoms with Crippen molar-refractivity contribution in [1.82, 2.24) is 24.4 Å². The predicted octanol–water partition coefficient (Wildman–Crippen LogP) is 1.16. The minimum Gasteiger partial charge on any atom is -0.343 e. The Morgan fingerprint density at radius 1 is 1.29 bits per heavy atom. The van der Waals surface area contributed by atoms with Crippen molar-refractivity contribution >= 4 is 11.6 Å². The number of aromatic nitrogens is 3. The molecule has 3 heterocycles. The molecule has 7 nitrogen and oxygen atoms in total. The number of H-pyrrole nitrogens is 1. The third kappa shape index (κ3) is 3.21. The summed E-state index contributed by atoms with van der Waals surface area (Å²) in [7, 11) is 1.86. The SMILES string of the molecule is CCCC[C@H]1C(=O)N(C)CCN1Cc1cc(=O)n2[nH]c(C)cc2n1. The molecule has 1 fully saturated rings. The molecule has 0 saturated carbocycles. The van der Waals surface area contributed by atoms with Crippen LogP contribution in [0.25, 0.3) is 5.65 Å². The van der Waals surface area contributed by atoms with E-state index in [1.807, 2.05) is 20.0 Å². The topological polar surface area (TPSA) is 73.7 Å². The molecule has 24 heavy (non-hydrogen) atoms. The lowest BCUT2D eigenvalue weighted by molar-refractivity contribution is -0.140. The van der Waals surface area contributed by atoms with Crippen LogP contribution in [0.5, 0.6) is 0 Å². The number of carbonyl (C=O) groups excluding carboxylic acids is 1. The normalized spacial score (nSPS) is 19.4. The summed E-state index contributed by atoms with van der Waals surface area (Å²) in [6.45, 7) is 6.08. The average Bonchev–Trinajstić information content (AvgIpc) is 2.91. The molecule has 7 heteroatoms. The van der Waals surface area contributed by atoms with Crippen molar-refractivity contribution in [3.8, 4) is 0 Å². The Bertz CT molecular complexity index is 794. The Morgan fingerprint density at radius 3 is 2.83 bits per heavy atom. The van der Waals surface area contributed by atoms with E-state index in [4.69, 9.17) is 0 Å². The fourth-order valence-electron chi connectivity index (χ4n) is 3.30. The van der Waals surface area contributed by atoms with Crippen LogP contribution in [0.15, 0.2) is 16.9 Å². The molecule has 0 bridgehead atoms. The first-order valence-electron chi connectivity index (χ1n) is 8.57. The first-order valence-corrected chi connectivity index (χ1v) is 8.57. The zero-order valence-corrected chi connectivity index (χ0v) is 14.6. The van der Waals surface area contributed by atoms with Gasteiger partial charge >= 0.3 is 0 Å². The molecule has 130 valence electrons. The lowest BCUT2D eigenvalue weighted by atomic mass is 10.0. The molecular formula is C17H25N5O2. The van der Waals surface area contributed by atoms with Gasteiger partial charge in [0.15, 0.2) is 5.65 Å². The van der Waals surface area contributed by atoms with Gasteiger partial charge in [0.05, 0.1) is 11.7 Å². The van der Waals surface area contributed by atoms with E-state index in [2.05, 4.69) is 21.9 Å². The molecular weight excluding hydrogens is 306 g/mol. The van der Waals surface area contributed by atoms with E-state index in [1.54, 1.807) is 11.0 Å². The van der Waals surface area contributed by atoms with Crippen molar-refractivity contribution in [2.24, 2.45) is 0 Å². The van der Waals surface area contributed by atoms with Gasteiger partial charge < -0.3 is 4.90 Å². The van der Waals surface area contributed by atoms with Gasteiger partial charge in [-0.05, 0) is 13.3 Å². The molecule has 1 aliphatic rings. The summed E-state index contributed by atoms with van der Waals surface area (Å²) in [6, 6.07) is 3.30. The van der Waals surface area contributed by atoms with Gasteiger partial charge in [-0.1, -0.05) is 19.8 Å². The number of hydrogen-bond donors (Lipinski definition) is 1. The standard InChI is InChI=1S/C17H25N5O2/c1-4-5-6-14-17(24)20(3)7-8-21(14)11-13-10-16(23)22-15(18-13)9-12(2)19-22/h9-10,14,19H,4-8,11H2,1-3H3/t14-/m0/s1. The number of piperazine rings is 1. The van der Waals surface area contributed by atoms with Crippen LogP contribution >= 0.6 is 0 Å². The van der Waals surface area contributed by atoms with Crippen molar-refractivity contribution in [3.63, 3.8) is 0 Å². The molecule has 0 aliphatic carbocycles. The lowest BCUT2D eigenvalue weighted by Crippen LogP contribution is -2.55. The summed E-state index contributed by atoms with van der Waals surface area (Å²) in [4.78, 5) is 33.3. The molecule has 1 aliphatic heterocycles. The first kappa shape index (κ1) is 16.7. The molecule has 0 radical (unpaired) electrons. The van der Waals surface area contributed by atoms with Crippen molar-refractivity contribution in [2.75, 3.05) is 20.1 Å². The summed E-state index contributed by atoms with van der Waals surface area (Å²) in [6.07, 6.45) is 2.94. The second-order valence-corrected chi connectivity index (χ2v) is 6.61. The highest BCUT2D eigenvalue weighted by atomic mass is 16.2. The van der Waals surface area contributed by atoms with Crippen LogP contribution in [-0.2, 0) is 11.3 Å². The van der Waals surface area contributed by atoms with Crippen molar-refractivity contribution < 1.29 is 4.79 Å². The van der Waals surface area contributed by atoms with Crippen LogP contribution in [0.4, 0.5) is 0 Å². The third-order valence-electron chi connectivity index (χ3n) is 4.65.